The van der Waals surface area contributed by atoms with Crippen molar-refractivity contribution in [2.45, 2.75) is 51.5 Å². The van der Waals surface area contributed by atoms with Crippen molar-refractivity contribution in [1.82, 2.24) is 4.90 Å². The van der Waals surface area contributed by atoms with Crippen LogP contribution < -0.4 is 0 Å². The summed E-state index contributed by atoms with van der Waals surface area (Å²) in [7, 11) is 0. The molecule has 2 fully saturated rings. The Labute approximate surface area is 99.1 Å². The molecule has 0 amide bonds. The zero-order valence-corrected chi connectivity index (χ0v) is 10.5. The van der Waals surface area contributed by atoms with Gasteiger partial charge in [-0.2, -0.15) is 0 Å². The first-order valence-electron chi connectivity index (χ1n) is 6.53. The quantitative estimate of drug-likeness (QED) is 0.658. The predicted octanol–water partition coefficient (Wildman–Crippen LogP) is 3.46. The number of likely N-dealkylation sites (tertiary alicyclic amines) is 1. The van der Waals surface area contributed by atoms with E-state index in [0.29, 0.717) is 5.92 Å². The van der Waals surface area contributed by atoms with Gasteiger partial charge in [0, 0.05) is 5.54 Å². The second kappa shape index (κ2) is 4.59. The van der Waals surface area contributed by atoms with Crippen LogP contribution in [0.2, 0.25) is 0 Å². The molecule has 0 N–H and O–H groups in total. The molecule has 1 aliphatic heterocycles. The number of hydrogen-bond donors (Lipinski definition) is 0. The van der Waals surface area contributed by atoms with Crippen LogP contribution in [0.3, 0.4) is 0 Å². The summed E-state index contributed by atoms with van der Waals surface area (Å²) in [6.07, 6.45) is 8.86. The summed E-state index contributed by atoms with van der Waals surface area (Å²) in [5.74, 6) is 0.375. The van der Waals surface area contributed by atoms with Crippen molar-refractivity contribution in [2.24, 2.45) is 5.92 Å². The van der Waals surface area contributed by atoms with E-state index in [1.54, 1.807) is 0 Å². The Bertz CT molecular complexity index is 312. The van der Waals surface area contributed by atoms with Crippen molar-refractivity contribution >= 4 is 0 Å². The van der Waals surface area contributed by atoms with Crippen LogP contribution in [-0.2, 0) is 0 Å². The molecular weight excluding hydrogens is 196 g/mol. The van der Waals surface area contributed by atoms with Gasteiger partial charge in [-0.05, 0) is 44.7 Å². The molecule has 88 valence electrons. The Morgan fingerprint density at radius 1 is 1.25 bits per heavy atom. The fourth-order valence-corrected chi connectivity index (χ4v) is 2.62. The van der Waals surface area contributed by atoms with Crippen LogP contribution in [0.25, 0.3) is 4.85 Å². The molecule has 0 atom stereocenters. The molecule has 0 spiro atoms. The molecule has 1 saturated carbocycles. The molecule has 1 saturated heterocycles. The zero-order valence-electron chi connectivity index (χ0n) is 10.5. The molecule has 0 aromatic carbocycles. The normalized spacial score (nSPS) is 25.5. The number of rotatable bonds is 3. The molecule has 0 unspecified atom stereocenters. The summed E-state index contributed by atoms with van der Waals surface area (Å²) in [5, 5.41) is 0. The average Bonchev–Trinajstić information content (AvgIpc) is 3.08. The molecule has 1 aliphatic carbocycles. The lowest BCUT2D eigenvalue weighted by Gasteiger charge is -2.33. The van der Waals surface area contributed by atoms with Gasteiger partial charge in [0.2, 0.25) is 0 Å². The third-order valence-corrected chi connectivity index (χ3v) is 3.89. The highest BCUT2D eigenvalue weighted by molar-refractivity contribution is 5.27. The van der Waals surface area contributed by atoms with Crippen molar-refractivity contribution in [3.8, 4) is 0 Å². The second-order valence-electron chi connectivity index (χ2n) is 5.49. The third-order valence-electron chi connectivity index (χ3n) is 3.89. The fraction of sp³-hybridized carbons (Fsp3) is 0.786. The summed E-state index contributed by atoms with van der Waals surface area (Å²) in [6.45, 7) is 14.0. The summed E-state index contributed by atoms with van der Waals surface area (Å²) >= 11 is 0. The van der Waals surface area contributed by atoms with Crippen LogP contribution in [-0.4, -0.2) is 23.5 Å². The van der Waals surface area contributed by atoms with E-state index < -0.39 is 0 Å². The Hall–Kier alpha value is -0.810. The van der Waals surface area contributed by atoms with Crippen molar-refractivity contribution < 1.29 is 0 Å². The Kier molecular flexibility index (Phi) is 3.35. The van der Waals surface area contributed by atoms with E-state index in [0.717, 1.165) is 5.70 Å². The second-order valence-corrected chi connectivity index (χ2v) is 5.49. The van der Waals surface area contributed by atoms with E-state index in [9.17, 15) is 0 Å². The summed E-state index contributed by atoms with van der Waals surface area (Å²) < 4.78 is 0. The maximum atomic E-state index is 7.25. The van der Waals surface area contributed by atoms with E-state index in [4.69, 9.17) is 6.57 Å². The number of hydrogen-bond acceptors (Lipinski definition) is 1. The van der Waals surface area contributed by atoms with E-state index in [-0.39, 0.29) is 5.54 Å². The Balaban J connectivity index is 2.10. The first kappa shape index (κ1) is 11.7. The van der Waals surface area contributed by atoms with E-state index >= 15 is 0 Å². The van der Waals surface area contributed by atoms with Gasteiger partial charge in [0.05, 0.1) is 6.57 Å². The molecule has 2 rings (SSSR count). The smallest absolute Gasteiger partial charge is 0.166 e. The molecule has 1 heterocycles. The molecule has 0 aromatic heterocycles. The van der Waals surface area contributed by atoms with Crippen LogP contribution in [0.4, 0.5) is 0 Å². The SMILES string of the molecule is [C-]#[N+]/C(=C\C1(N2CCCCC2)CC1)C(C)C. The van der Waals surface area contributed by atoms with Gasteiger partial charge in [-0.25, -0.2) is 4.85 Å². The molecule has 0 bridgehead atoms. The van der Waals surface area contributed by atoms with Crippen LogP contribution in [0.15, 0.2) is 11.8 Å². The van der Waals surface area contributed by atoms with E-state index in [2.05, 4.69) is 29.7 Å². The minimum absolute atomic E-state index is 0.282. The lowest BCUT2D eigenvalue weighted by Crippen LogP contribution is -2.40. The van der Waals surface area contributed by atoms with Crippen LogP contribution in [0.1, 0.15) is 46.0 Å². The van der Waals surface area contributed by atoms with E-state index in [1.807, 2.05) is 0 Å². The van der Waals surface area contributed by atoms with Crippen molar-refractivity contribution in [3.63, 3.8) is 0 Å². The van der Waals surface area contributed by atoms with Crippen molar-refractivity contribution in [3.05, 3.63) is 23.2 Å². The monoisotopic (exact) mass is 218 g/mol. The fourth-order valence-electron chi connectivity index (χ4n) is 2.62. The number of nitrogens with zero attached hydrogens (tertiary/aromatic N) is 2. The molecule has 2 nitrogen and oxygen atoms in total. The Morgan fingerprint density at radius 2 is 1.88 bits per heavy atom. The predicted molar refractivity (Wildman–Crippen MR) is 66.9 cm³/mol. The molecule has 2 heteroatoms. The number of allylic oxidation sites excluding steroid dienone is 1. The van der Waals surface area contributed by atoms with Crippen LogP contribution >= 0.6 is 0 Å². The highest BCUT2D eigenvalue weighted by Crippen LogP contribution is 2.45. The molecule has 2 aliphatic rings. The minimum Gasteiger partial charge on any atom is -0.295 e. The molecule has 0 radical (unpaired) electrons. The first-order chi connectivity index (χ1) is 7.68. The highest BCUT2D eigenvalue weighted by Gasteiger charge is 2.46. The summed E-state index contributed by atoms with van der Waals surface area (Å²) in [6, 6.07) is 0. The van der Waals surface area contributed by atoms with Gasteiger partial charge in [0.15, 0.2) is 5.70 Å². The summed E-state index contributed by atoms with van der Waals surface area (Å²) in [5.41, 5.74) is 1.24. The average molecular weight is 218 g/mol. The zero-order chi connectivity index (χ0) is 11.6. The number of piperidine rings is 1. The van der Waals surface area contributed by atoms with Gasteiger partial charge in [0.25, 0.3) is 0 Å². The van der Waals surface area contributed by atoms with Gasteiger partial charge in [0.1, 0.15) is 0 Å². The van der Waals surface area contributed by atoms with Gasteiger partial charge < -0.3 is 0 Å². The van der Waals surface area contributed by atoms with Crippen LogP contribution in [0.5, 0.6) is 0 Å². The van der Waals surface area contributed by atoms with Crippen LogP contribution in [0, 0.1) is 12.5 Å². The minimum atomic E-state index is 0.282. The molecule has 16 heavy (non-hydrogen) atoms. The Morgan fingerprint density at radius 3 is 2.31 bits per heavy atom. The first-order valence-corrected chi connectivity index (χ1v) is 6.53. The van der Waals surface area contributed by atoms with Gasteiger partial charge >= 0.3 is 0 Å². The highest BCUT2D eigenvalue weighted by atomic mass is 15.2. The maximum absolute atomic E-state index is 7.25. The standard InChI is InChI=1S/C14H22N2/c1-12(2)13(15-3)11-14(7-8-14)16-9-5-4-6-10-16/h11-12H,4-10H2,1-2H3/b13-11-. The largest absolute Gasteiger partial charge is 0.295 e. The van der Waals surface area contributed by atoms with Crippen molar-refractivity contribution in [2.75, 3.05) is 13.1 Å². The van der Waals surface area contributed by atoms with Gasteiger partial charge in [-0.15, -0.1) is 0 Å². The van der Waals surface area contributed by atoms with Gasteiger partial charge in [-0.1, -0.05) is 26.3 Å². The maximum Gasteiger partial charge on any atom is 0.166 e. The van der Waals surface area contributed by atoms with Crippen molar-refractivity contribution in [1.29, 1.82) is 0 Å². The van der Waals surface area contributed by atoms with Gasteiger partial charge in [-0.3, -0.25) is 4.90 Å². The third kappa shape index (κ3) is 2.30. The summed E-state index contributed by atoms with van der Waals surface area (Å²) in [4.78, 5) is 6.31. The molecule has 0 aromatic rings. The molecular formula is C14H22N2. The lowest BCUT2D eigenvalue weighted by atomic mass is 10.0. The lowest BCUT2D eigenvalue weighted by molar-refractivity contribution is 0.175. The topological polar surface area (TPSA) is 7.60 Å². The van der Waals surface area contributed by atoms with E-state index in [1.165, 1.54) is 45.2 Å².